The zero-order valence-electron chi connectivity index (χ0n) is 12.9. The first-order valence-corrected chi connectivity index (χ1v) is 7.87. The number of benzene rings is 1. The van der Waals surface area contributed by atoms with Crippen LogP contribution in [-0.2, 0) is 19.4 Å². The predicted molar refractivity (Wildman–Crippen MR) is 89.6 cm³/mol. The van der Waals surface area contributed by atoms with Crippen molar-refractivity contribution in [1.82, 2.24) is 14.5 Å². The van der Waals surface area contributed by atoms with Gasteiger partial charge in [0, 0.05) is 30.2 Å². The molecule has 2 heterocycles. The topological polar surface area (TPSA) is 30.7 Å². The van der Waals surface area contributed by atoms with Crippen LogP contribution in [0.15, 0.2) is 61.2 Å². The highest BCUT2D eigenvalue weighted by Crippen LogP contribution is 2.23. The highest BCUT2D eigenvalue weighted by molar-refractivity contribution is 5.61. The smallest absolute Gasteiger partial charge is 0.0956 e. The highest BCUT2D eigenvalue weighted by atomic mass is 15.1. The molecule has 0 radical (unpaired) electrons. The van der Waals surface area contributed by atoms with Crippen LogP contribution in [0.3, 0.4) is 0 Å². The number of imidazole rings is 1. The molecule has 0 bridgehead atoms. The third-order valence-corrected chi connectivity index (χ3v) is 3.87. The Bertz CT molecular complexity index is 702. The monoisotopic (exact) mass is 291 g/mol. The lowest BCUT2D eigenvalue weighted by Crippen LogP contribution is -2.05. The summed E-state index contributed by atoms with van der Waals surface area (Å²) in [4.78, 5) is 8.74. The Morgan fingerprint density at radius 1 is 0.955 bits per heavy atom. The van der Waals surface area contributed by atoms with Crippen molar-refractivity contribution in [2.75, 3.05) is 0 Å². The van der Waals surface area contributed by atoms with E-state index in [1.165, 1.54) is 16.8 Å². The van der Waals surface area contributed by atoms with Gasteiger partial charge in [-0.15, -0.1) is 0 Å². The standard InChI is InChI=1S/C19H21N3/c1-2-6-18-19(17-7-4-3-5-8-17)21-15-22(18)14-11-16-9-12-20-13-10-16/h3-5,7-10,12-13,15H,2,6,11,14H2,1H3. The summed E-state index contributed by atoms with van der Waals surface area (Å²) < 4.78 is 2.30. The molecular formula is C19H21N3. The second-order valence-electron chi connectivity index (χ2n) is 5.45. The Kier molecular flexibility index (Phi) is 4.64. The van der Waals surface area contributed by atoms with E-state index < -0.39 is 0 Å². The molecule has 0 saturated heterocycles. The number of pyridine rings is 1. The fourth-order valence-corrected chi connectivity index (χ4v) is 2.74. The molecule has 0 spiro atoms. The van der Waals surface area contributed by atoms with E-state index in [1.807, 2.05) is 24.8 Å². The van der Waals surface area contributed by atoms with Crippen molar-refractivity contribution in [3.63, 3.8) is 0 Å². The Hall–Kier alpha value is -2.42. The number of nitrogens with zero attached hydrogens (tertiary/aromatic N) is 3. The third kappa shape index (κ3) is 3.25. The van der Waals surface area contributed by atoms with E-state index in [0.717, 1.165) is 31.5 Å². The molecular weight excluding hydrogens is 270 g/mol. The zero-order chi connectivity index (χ0) is 15.2. The number of aromatic nitrogens is 3. The molecule has 2 aromatic heterocycles. The van der Waals surface area contributed by atoms with Gasteiger partial charge >= 0.3 is 0 Å². The van der Waals surface area contributed by atoms with Crippen molar-refractivity contribution >= 4 is 0 Å². The van der Waals surface area contributed by atoms with Gasteiger partial charge in [-0.05, 0) is 30.5 Å². The van der Waals surface area contributed by atoms with E-state index in [-0.39, 0.29) is 0 Å². The van der Waals surface area contributed by atoms with Crippen LogP contribution in [0.1, 0.15) is 24.6 Å². The van der Waals surface area contributed by atoms with E-state index in [0.29, 0.717) is 0 Å². The van der Waals surface area contributed by atoms with Crippen LogP contribution < -0.4 is 0 Å². The minimum absolute atomic E-state index is 0.958. The van der Waals surface area contributed by atoms with Gasteiger partial charge in [0.1, 0.15) is 0 Å². The average molecular weight is 291 g/mol. The minimum atomic E-state index is 0.958. The van der Waals surface area contributed by atoms with E-state index >= 15 is 0 Å². The first-order chi connectivity index (χ1) is 10.9. The largest absolute Gasteiger partial charge is 0.334 e. The van der Waals surface area contributed by atoms with E-state index in [2.05, 4.69) is 57.9 Å². The predicted octanol–water partition coefficient (Wildman–Crippen LogP) is 4.14. The van der Waals surface area contributed by atoms with E-state index in [4.69, 9.17) is 0 Å². The van der Waals surface area contributed by atoms with Crippen molar-refractivity contribution < 1.29 is 0 Å². The average Bonchev–Trinajstić information content (AvgIpc) is 2.98. The Morgan fingerprint density at radius 3 is 2.45 bits per heavy atom. The summed E-state index contributed by atoms with van der Waals surface area (Å²) >= 11 is 0. The molecule has 0 amide bonds. The van der Waals surface area contributed by atoms with Gasteiger partial charge in [-0.3, -0.25) is 4.98 Å². The van der Waals surface area contributed by atoms with Crippen LogP contribution in [0.4, 0.5) is 0 Å². The number of rotatable bonds is 6. The van der Waals surface area contributed by atoms with Gasteiger partial charge in [-0.2, -0.15) is 0 Å². The molecule has 0 aliphatic heterocycles. The quantitative estimate of drug-likeness (QED) is 0.683. The highest BCUT2D eigenvalue weighted by Gasteiger charge is 2.11. The number of hydrogen-bond donors (Lipinski definition) is 0. The molecule has 0 N–H and O–H groups in total. The molecule has 22 heavy (non-hydrogen) atoms. The first kappa shape index (κ1) is 14.5. The molecule has 3 aromatic rings. The van der Waals surface area contributed by atoms with Crippen LogP contribution in [-0.4, -0.2) is 14.5 Å². The van der Waals surface area contributed by atoms with Gasteiger partial charge in [-0.25, -0.2) is 4.98 Å². The van der Waals surface area contributed by atoms with Crippen LogP contribution in [0.5, 0.6) is 0 Å². The second-order valence-corrected chi connectivity index (χ2v) is 5.45. The van der Waals surface area contributed by atoms with Crippen LogP contribution in [0.2, 0.25) is 0 Å². The van der Waals surface area contributed by atoms with Crippen molar-refractivity contribution in [3.05, 3.63) is 72.4 Å². The summed E-state index contributed by atoms with van der Waals surface area (Å²) in [7, 11) is 0. The van der Waals surface area contributed by atoms with E-state index in [1.54, 1.807) is 0 Å². The summed E-state index contributed by atoms with van der Waals surface area (Å²) in [6.45, 7) is 3.17. The van der Waals surface area contributed by atoms with Crippen LogP contribution >= 0.6 is 0 Å². The molecule has 3 heteroatoms. The molecule has 0 saturated carbocycles. The summed E-state index contributed by atoms with van der Waals surface area (Å²) in [6, 6.07) is 14.6. The second kappa shape index (κ2) is 7.03. The van der Waals surface area contributed by atoms with Crippen molar-refractivity contribution in [3.8, 4) is 11.3 Å². The summed E-state index contributed by atoms with van der Waals surface area (Å²) in [5, 5.41) is 0. The lowest BCUT2D eigenvalue weighted by atomic mass is 10.1. The lowest BCUT2D eigenvalue weighted by Gasteiger charge is -2.09. The molecule has 0 aliphatic carbocycles. The van der Waals surface area contributed by atoms with E-state index in [9.17, 15) is 0 Å². The normalized spacial score (nSPS) is 10.8. The SMILES string of the molecule is CCCc1c(-c2ccccc2)ncn1CCc1ccncc1. The first-order valence-electron chi connectivity index (χ1n) is 7.87. The molecule has 3 nitrogen and oxygen atoms in total. The molecule has 3 rings (SSSR count). The molecule has 112 valence electrons. The summed E-state index contributed by atoms with van der Waals surface area (Å²) in [5.41, 5.74) is 4.97. The zero-order valence-corrected chi connectivity index (χ0v) is 12.9. The molecule has 0 unspecified atom stereocenters. The summed E-state index contributed by atoms with van der Waals surface area (Å²) in [6.07, 6.45) is 8.87. The molecule has 0 aliphatic rings. The maximum Gasteiger partial charge on any atom is 0.0956 e. The maximum absolute atomic E-state index is 4.67. The minimum Gasteiger partial charge on any atom is -0.334 e. The Balaban J connectivity index is 1.84. The van der Waals surface area contributed by atoms with Crippen LogP contribution in [0, 0.1) is 0 Å². The fraction of sp³-hybridized carbons (Fsp3) is 0.263. The molecule has 0 atom stereocenters. The van der Waals surface area contributed by atoms with Gasteiger partial charge in [0.2, 0.25) is 0 Å². The Morgan fingerprint density at radius 2 is 1.73 bits per heavy atom. The third-order valence-electron chi connectivity index (χ3n) is 3.87. The maximum atomic E-state index is 4.67. The summed E-state index contributed by atoms with van der Waals surface area (Å²) in [5.74, 6) is 0. The van der Waals surface area contributed by atoms with Gasteiger partial charge < -0.3 is 4.57 Å². The molecule has 1 aromatic carbocycles. The van der Waals surface area contributed by atoms with Crippen molar-refractivity contribution in [2.24, 2.45) is 0 Å². The van der Waals surface area contributed by atoms with Gasteiger partial charge in [-0.1, -0.05) is 43.7 Å². The van der Waals surface area contributed by atoms with Gasteiger partial charge in [0.15, 0.2) is 0 Å². The van der Waals surface area contributed by atoms with Crippen molar-refractivity contribution in [1.29, 1.82) is 0 Å². The number of aryl methyl sites for hydroxylation is 2. The Labute approximate surface area is 131 Å². The van der Waals surface area contributed by atoms with Crippen molar-refractivity contribution in [2.45, 2.75) is 32.7 Å². The van der Waals surface area contributed by atoms with Gasteiger partial charge in [0.25, 0.3) is 0 Å². The fourth-order valence-electron chi connectivity index (χ4n) is 2.74. The molecule has 0 fully saturated rings. The van der Waals surface area contributed by atoms with Gasteiger partial charge in [0.05, 0.1) is 12.0 Å². The number of hydrogen-bond acceptors (Lipinski definition) is 2. The lowest BCUT2D eigenvalue weighted by molar-refractivity contribution is 0.653. The van der Waals surface area contributed by atoms with Crippen LogP contribution in [0.25, 0.3) is 11.3 Å².